The summed E-state index contributed by atoms with van der Waals surface area (Å²) >= 11 is 7.82. The summed E-state index contributed by atoms with van der Waals surface area (Å²) in [6, 6.07) is 4.20. The standard InChI is InChI=1S/C12H12ClF3INO2/c1-7(5-20-6-12(14,15)16)18-11(19)8-2-3-9(13)10(17)4-8/h2-4,7H,5-6H2,1H3,(H,18,19). The predicted octanol–water partition coefficient (Wildman–Crippen LogP) is 3.64. The van der Waals surface area contributed by atoms with Crippen LogP contribution in [0.2, 0.25) is 5.02 Å². The molecule has 112 valence electrons. The lowest BCUT2D eigenvalue weighted by Gasteiger charge is -2.15. The van der Waals surface area contributed by atoms with E-state index in [-0.39, 0.29) is 12.5 Å². The van der Waals surface area contributed by atoms with Crippen LogP contribution in [-0.4, -0.2) is 31.3 Å². The largest absolute Gasteiger partial charge is 0.411 e. The van der Waals surface area contributed by atoms with Gasteiger partial charge >= 0.3 is 6.18 Å². The molecule has 0 radical (unpaired) electrons. The summed E-state index contributed by atoms with van der Waals surface area (Å²) in [5.41, 5.74) is 0.390. The summed E-state index contributed by atoms with van der Waals surface area (Å²) in [6.45, 7) is 0.0249. The van der Waals surface area contributed by atoms with Gasteiger partial charge in [-0.25, -0.2) is 0 Å². The normalized spacial score (nSPS) is 13.1. The van der Waals surface area contributed by atoms with Crippen molar-refractivity contribution < 1.29 is 22.7 Å². The number of hydrogen-bond donors (Lipinski definition) is 1. The van der Waals surface area contributed by atoms with Gasteiger partial charge in [0.1, 0.15) is 6.61 Å². The highest BCUT2D eigenvalue weighted by molar-refractivity contribution is 14.1. The van der Waals surface area contributed by atoms with Crippen molar-refractivity contribution in [3.63, 3.8) is 0 Å². The molecule has 0 aromatic heterocycles. The fourth-order valence-electron chi connectivity index (χ4n) is 1.34. The molecular formula is C12H12ClF3INO2. The molecule has 1 N–H and O–H groups in total. The van der Waals surface area contributed by atoms with Crippen LogP contribution in [0.4, 0.5) is 13.2 Å². The van der Waals surface area contributed by atoms with Gasteiger partial charge in [-0.3, -0.25) is 4.79 Å². The van der Waals surface area contributed by atoms with Gasteiger partial charge in [0.15, 0.2) is 0 Å². The highest BCUT2D eigenvalue weighted by Gasteiger charge is 2.27. The first-order chi connectivity index (χ1) is 9.19. The summed E-state index contributed by atoms with van der Waals surface area (Å²) < 4.78 is 40.9. The summed E-state index contributed by atoms with van der Waals surface area (Å²) in [7, 11) is 0. The molecule has 0 aliphatic heterocycles. The van der Waals surface area contributed by atoms with Crippen molar-refractivity contribution >= 4 is 40.1 Å². The first kappa shape index (κ1) is 17.5. The van der Waals surface area contributed by atoms with Crippen LogP contribution < -0.4 is 5.32 Å². The Morgan fingerprint density at radius 2 is 2.15 bits per heavy atom. The minimum atomic E-state index is -4.37. The monoisotopic (exact) mass is 421 g/mol. The molecule has 1 aromatic carbocycles. The molecule has 0 spiro atoms. The smallest absolute Gasteiger partial charge is 0.370 e. The zero-order valence-corrected chi connectivity index (χ0v) is 13.3. The number of carbonyl (C=O) groups is 1. The van der Waals surface area contributed by atoms with Crippen molar-refractivity contribution in [3.8, 4) is 0 Å². The van der Waals surface area contributed by atoms with Crippen LogP contribution in [0.15, 0.2) is 18.2 Å². The van der Waals surface area contributed by atoms with Gasteiger partial charge < -0.3 is 10.1 Å². The Kier molecular flexibility index (Phi) is 6.53. The number of carbonyl (C=O) groups excluding carboxylic acids is 1. The van der Waals surface area contributed by atoms with Crippen molar-refractivity contribution in [2.24, 2.45) is 0 Å². The fourth-order valence-corrected chi connectivity index (χ4v) is 1.97. The zero-order valence-electron chi connectivity index (χ0n) is 10.4. The third-order valence-corrected chi connectivity index (χ3v) is 3.73. The van der Waals surface area contributed by atoms with Crippen molar-refractivity contribution in [2.75, 3.05) is 13.2 Å². The molecule has 0 saturated heterocycles. The van der Waals surface area contributed by atoms with E-state index in [1.807, 2.05) is 22.6 Å². The van der Waals surface area contributed by atoms with Crippen LogP contribution in [0, 0.1) is 3.57 Å². The maximum Gasteiger partial charge on any atom is 0.411 e. The third-order valence-electron chi connectivity index (χ3n) is 2.19. The summed E-state index contributed by atoms with van der Waals surface area (Å²) in [4.78, 5) is 11.8. The molecule has 3 nitrogen and oxygen atoms in total. The van der Waals surface area contributed by atoms with Crippen LogP contribution in [0.25, 0.3) is 0 Å². The second-order valence-electron chi connectivity index (χ2n) is 4.13. The Morgan fingerprint density at radius 1 is 1.50 bits per heavy atom. The summed E-state index contributed by atoms with van der Waals surface area (Å²) in [5, 5.41) is 3.08. The summed E-state index contributed by atoms with van der Waals surface area (Å²) in [5.74, 6) is -0.386. The molecule has 0 saturated carbocycles. The topological polar surface area (TPSA) is 38.3 Å². The van der Waals surface area contributed by atoms with E-state index in [0.717, 1.165) is 3.57 Å². The Morgan fingerprint density at radius 3 is 2.70 bits per heavy atom. The zero-order chi connectivity index (χ0) is 15.3. The third kappa shape index (κ3) is 6.27. The maximum atomic E-state index is 11.9. The first-order valence-corrected chi connectivity index (χ1v) is 7.05. The highest BCUT2D eigenvalue weighted by Crippen LogP contribution is 2.19. The lowest BCUT2D eigenvalue weighted by atomic mass is 10.2. The van der Waals surface area contributed by atoms with Gasteiger partial charge in [0.25, 0.3) is 5.91 Å². The molecular weight excluding hydrogens is 409 g/mol. The Balaban J connectivity index is 2.47. The van der Waals surface area contributed by atoms with E-state index in [1.165, 1.54) is 0 Å². The van der Waals surface area contributed by atoms with E-state index in [9.17, 15) is 18.0 Å². The van der Waals surface area contributed by atoms with Gasteiger partial charge in [-0.2, -0.15) is 13.2 Å². The molecule has 1 amide bonds. The van der Waals surface area contributed by atoms with Crippen LogP contribution in [0.5, 0.6) is 0 Å². The number of ether oxygens (including phenoxy) is 1. The van der Waals surface area contributed by atoms with E-state index in [2.05, 4.69) is 10.1 Å². The molecule has 0 aliphatic rings. The molecule has 8 heteroatoms. The predicted molar refractivity (Wildman–Crippen MR) is 78.0 cm³/mol. The minimum absolute atomic E-state index is 0.212. The van der Waals surface area contributed by atoms with E-state index >= 15 is 0 Å². The number of hydrogen-bond acceptors (Lipinski definition) is 2. The molecule has 0 bridgehead atoms. The second kappa shape index (κ2) is 7.46. The fraction of sp³-hybridized carbons (Fsp3) is 0.417. The van der Waals surface area contributed by atoms with Crippen molar-refractivity contribution in [1.82, 2.24) is 5.32 Å². The van der Waals surface area contributed by atoms with E-state index in [0.29, 0.717) is 10.6 Å². The number of nitrogens with one attached hydrogen (secondary N) is 1. The first-order valence-electron chi connectivity index (χ1n) is 5.59. The van der Waals surface area contributed by atoms with Crippen molar-refractivity contribution in [1.29, 1.82) is 0 Å². The molecule has 20 heavy (non-hydrogen) atoms. The quantitative estimate of drug-likeness (QED) is 0.737. The van der Waals surface area contributed by atoms with Gasteiger partial charge in [-0.05, 0) is 47.7 Å². The number of benzene rings is 1. The minimum Gasteiger partial charge on any atom is -0.370 e. The Labute approximate surface area is 133 Å². The van der Waals surface area contributed by atoms with Crippen LogP contribution in [-0.2, 0) is 4.74 Å². The lowest BCUT2D eigenvalue weighted by molar-refractivity contribution is -0.174. The molecule has 1 unspecified atom stereocenters. The summed E-state index contributed by atoms with van der Waals surface area (Å²) in [6.07, 6.45) is -4.37. The van der Waals surface area contributed by atoms with Crippen LogP contribution >= 0.6 is 34.2 Å². The van der Waals surface area contributed by atoms with Crippen LogP contribution in [0.1, 0.15) is 17.3 Å². The number of alkyl halides is 3. The van der Waals surface area contributed by atoms with Crippen molar-refractivity contribution in [2.45, 2.75) is 19.1 Å². The molecule has 0 fully saturated rings. The maximum absolute atomic E-state index is 11.9. The number of rotatable bonds is 5. The second-order valence-corrected chi connectivity index (χ2v) is 5.70. The van der Waals surface area contributed by atoms with E-state index in [4.69, 9.17) is 11.6 Å². The van der Waals surface area contributed by atoms with Gasteiger partial charge in [-0.15, -0.1) is 0 Å². The average Bonchev–Trinajstić information content (AvgIpc) is 2.30. The molecule has 0 heterocycles. The average molecular weight is 422 g/mol. The number of amides is 1. The highest BCUT2D eigenvalue weighted by atomic mass is 127. The lowest BCUT2D eigenvalue weighted by Crippen LogP contribution is -2.36. The molecule has 1 rings (SSSR count). The van der Waals surface area contributed by atoms with Crippen LogP contribution in [0.3, 0.4) is 0 Å². The van der Waals surface area contributed by atoms with Gasteiger partial charge in [0.05, 0.1) is 11.6 Å². The molecule has 1 aromatic rings. The molecule has 1 atom stereocenters. The molecule has 0 aliphatic carbocycles. The van der Waals surface area contributed by atoms with Crippen molar-refractivity contribution in [3.05, 3.63) is 32.4 Å². The Bertz CT molecular complexity index is 482. The van der Waals surface area contributed by atoms with Gasteiger partial charge in [0, 0.05) is 15.2 Å². The number of halogens is 5. The van der Waals surface area contributed by atoms with E-state index in [1.54, 1.807) is 25.1 Å². The SMILES string of the molecule is CC(COCC(F)(F)F)NC(=O)c1ccc(Cl)c(I)c1. The van der Waals surface area contributed by atoms with Gasteiger partial charge in [-0.1, -0.05) is 11.6 Å². The van der Waals surface area contributed by atoms with E-state index < -0.39 is 18.8 Å². The van der Waals surface area contributed by atoms with Gasteiger partial charge in [0.2, 0.25) is 0 Å². The Hall–Kier alpha value is -0.540.